The number of rotatable bonds is 0. The number of anilines is 2. The minimum absolute atomic E-state index is 0.0297. The van der Waals surface area contributed by atoms with Crippen molar-refractivity contribution in [2.75, 3.05) is 10.6 Å². The average Bonchev–Trinajstić information content (AvgIpc) is 3.00. The SMILES string of the molecule is C#Cc1cc2cc(c1)C(=O)NCc1ccc(cc1)NC(=O)CCCCCCCCC(=O)Nc1ccc(cc1)CNC2=O. The van der Waals surface area contributed by atoms with Crippen LogP contribution >= 0.6 is 0 Å². The Morgan fingerprint density at radius 3 is 1.36 bits per heavy atom. The molecule has 3 aromatic rings. The van der Waals surface area contributed by atoms with Gasteiger partial charge in [0.2, 0.25) is 11.8 Å². The first kappa shape index (κ1) is 30.1. The predicted octanol–water partition coefficient (Wildman–Crippen LogP) is 5.54. The summed E-state index contributed by atoms with van der Waals surface area (Å²) < 4.78 is 0. The van der Waals surface area contributed by atoms with Crippen molar-refractivity contribution in [1.29, 1.82) is 0 Å². The number of terminal acetylenes is 1. The Kier molecular flexibility index (Phi) is 10.9. The summed E-state index contributed by atoms with van der Waals surface area (Å²) in [6.45, 7) is 0.538. The van der Waals surface area contributed by atoms with Crippen molar-refractivity contribution in [2.24, 2.45) is 0 Å². The van der Waals surface area contributed by atoms with Gasteiger partial charge in [-0.05, 0) is 66.4 Å². The van der Waals surface area contributed by atoms with Gasteiger partial charge in [-0.25, -0.2) is 0 Å². The molecule has 7 rings (SSSR count). The predicted molar refractivity (Wildman–Crippen MR) is 164 cm³/mol. The molecule has 4 aliphatic heterocycles. The Hall–Kier alpha value is -4.90. The van der Waals surface area contributed by atoms with Crippen molar-refractivity contribution in [3.8, 4) is 12.3 Å². The molecule has 0 fully saturated rings. The summed E-state index contributed by atoms with van der Waals surface area (Å²) >= 11 is 0. The molecule has 4 N–H and O–H groups in total. The molecule has 0 atom stereocenters. The molecule has 0 spiro atoms. The third-order valence-corrected chi connectivity index (χ3v) is 7.06. The first-order valence-electron chi connectivity index (χ1n) is 14.4. The molecule has 0 saturated heterocycles. The summed E-state index contributed by atoms with van der Waals surface area (Å²) in [5.41, 5.74) is 4.10. The van der Waals surface area contributed by atoms with E-state index in [4.69, 9.17) is 6.42 Å². The fourth-order valence-electron chi connectivity index (χ4n) is 4.68. The van der Waals surface area contributed by atoms with Crippen LogP contribution in [0.4, 0.5) is 11.4 Å². The van der Waals surface area contributed by atoms with E-state index in [1.54, 1.807) is 12.1 Å². The number of hydrogen-bond donors (Lipinski definition) is 4. The second-order valence-corrected chi connectivity index (χ2v) is 10.4. The number of carbonyl (C=O) groups excluding carboxylic acids is 4. The smallest absolute Gasteiger partial charge is 0.251 e. The minimum atomic E-state index is -0.361. The fourth-order valence-corrected chi connectivity index (χ4v) is 4.68. The highest BCUT2D eigenvalue weighted by Gasteiger charge is 2.13. The standard InChI is InChI=1S/C34H36N4O4/c1-2-24-19-27-21-28(20-24)34(42)36-23-26-13-17-30(18-14-26)38-32(40)10-8-6-4-3-5-7-9-31(39)37-29-15-11-25(12-16-29)22-35-33(27)41/h1,11-21H,3-10,22-23H2,(H,35,41)(H,36,42)(H,37,39)(H,38,40). The third-order valence-electron chi connectivity index (χ3n) is 7.06. The van der Waals surface area contributed by atoms with Crippen molar-refractivity contribution in [3.63, 3.8) is 0 Å². The van der Waals surface area contributed by atoms with Gasteiger partial charge in [0.15, 0.2) is 0 Å². The maximum atomic E-state index is 12.9. The van der Waals surface area contributed by atoms with Gasteiger partial charge in [-0.1, -0.05) is 55.9 Å². The fraction of sp³-hybridized carbons (Fsp3) is 0.294. The molecule has 8 heteroatoms. The second kappa shape index (κ2) is 15.2. The number of benzene rings is 3. The van der Waals surface area contributed by atoms with Crippen molar-refractivity contribution in [3.05, 3.63) is 94.5 Å². The van der Waals surface area contributed by atoms with Gasteiger partial charge in [0.1, 0.15) is 0 Å². The van der Waals surface area contributed by atoms with Gasteiger partial charge < -0.3 is 21.3 Å². The van der Waals surface area contributed by atoms with Crippen LogP contribution in [0.1, 0.15) is 88.8 Å². The quantitative estimate of drug-likeness (QED) is 0.268. The Morgan fingerprint density at radius 2 is 0.952 bits per heavy atom. The van der Waals surface area contributed by atoms with Gasteiger partial charge in [-0.15, -0.1) is 6.42 Å². The summed E-state index contributed by atoms with van der Waals surface area (Å²) in [5.74, 6) is 1.73. The number of hydrogen-bond acceptors (Lipinski definition) is 4. The van der Waals surface area contributed by atoms with E-state index >= 15 is 0 Å². The van der Waals surface area contributed by atoms with Crippen LogP contribution in [0.25, 0.3) is 0 Å². The normalized spacial score (nSPS) is 16.1. The topological polar surface area (TPSA) is 116 Å². The molecular weight excluding hydrogens is 528 g/mol. The van der Waals surface area contributed by atoms with E-state index in [1.165, 1.54) is 6.07 Å². The molecule has 0 aromatic heterocycles. The van der Waals surface area contributed by atoms with Crippen LogP contribution in [-0.2, 0) is 22.7 Å². The molecule has 0 radical (unpaired) electrons. The molecule has 216 valence electrons. The van der Waals surface area contributed by atoms with Crippen molar-refractivity contribution < 1.29 is 19.2 Å². The zero-order valence-electron chi connectivity index (χ0n) is 23.6. The van der Waals surface area contributed by atoms with Crippen LogP contribution in [0.15, 0.2) is 66.7 Å². The van der Waals surface area contributed by atoms with Crippen molar-refractivity contribution in [2.45, 2.75) is 64.5 Å². The van der Waals surface area contributed by atoms with E-state index in [-0.39, 0.29) is 47.8 Å². The van der Waals surface area contributed by atoms with Crippen LogP contribution in [0.5, 0.6) is 0 Å². The van der Waals surface area contributed by atoms with Crippen LogP contribution in [-0.4, -0.2) is 23.6 Å². The summed E-state index contributed by atoms with van der Waals surface area (Å²) in [6, 6.07) is 19.3. The van der Waals surface area contributed by atoms with Crippen molar-refractivity contribution >= 4 is 35.0 Å². The highest BCUT2D eigenvalue weighted by atomic mass is 16.2. The lowest BCUT2D eigenvalue weighted by Gasteiger charge is -2.11. The lowest BCUT2D eigenvalue weighted by molar-refractivity contribution is -0.117. The molecule has 4 amide bonds. The Morgan fingerprint density at radius 1 is 0.548 bits per heavy atom. The van der Waals surface area contributed by atoms with Crippen LogP contribution < -0.4 is 21.3 Å². The zero-order chi connectivity index (χ0) is 29.7. The van der Waals surface area contributed by atoms with E-state index in [2.05, 4.69) is 27.2 Å². The first-order chi connectivity index (χ1) is 20.4. The highest BCUT2D eigenvalue weighted by molar-refractivity contribution is 6.00. The summed E-state index contributed by atoms with van der Waals surface area (Å²) in [7, 11) is 0. The van der Waals surface area contributed by atoms with Crippen LogP contribution in [0.2, 0.25) is 0 Å². The summed E-state index contributed by atoms with van der Waals surface area (Å²) in [4.78, 5) is 50.5. The largest absolute Gasteiger partial charge is 0.348 e. The summed E-state index contributed by atoms with van der Waals surface area (Å²) in [5, 5.41) is 11.6. The highest BCUT2D eigenvalue weighted by Crippen LogP contribution is 2.16. The van der Waals surface area contributed by atoms with Gasteiger partial charge in [-0.3, -0.25) is 19.2 Å². The molecule has 6 bridgehead atoms. The molecule has 0 aliphatic carbocycles. The summed E-state index contributed by atoms with van der Waals surface area (Å²) in [6.07, 6.45) is 12.1. The van der Waals surface area contributed by atoms with E-state index < -0.39 is 0 Å². The first-order valence-corrected chi connectivity index (χ1v) is 14.4. The molecule has 8 nitrogen and oxygen atoms in total. The van der Waals surface area contributed by atoms with Gasteiger partial charge in [0.25, 0.3) is 11.8 Å². The molecular formula is C34H36N4O4. The maximum Gasteiger partial charge on any atom is 0.251 e. The van der Waals surface area contributed by atoms with E-state index in [9.17, 15) is 19.2 Å². The Bertz CT molecular complexity index is 1350. The Labute approximate surface area is 246 Å². The van der Waals surface area contributed by atoms with Crippen LogP contribution in [0.3, 0.4) is 0 Å². The Balaban J connectivity index is 1.46. The van der Waals surface area contributed by atoms with Gasteiger partial charge in [0, 0.05) is 54.0 Å². The van der Waals surface area contributed by atoms with Gasteiger partial charge in [-0.2, -0.15) is 0 Å². The number of amides is 4. The number of nitrogens with one attached hydrogen (secondary N) is 4. The molecule has 0 unspecified atom stereocenters. The molecule has 4 aliphatic rings. The van der Waals surface area contributed by atoms with Gasteiger partial charge >= 0.3 is 0 Å². The molecule has 3 aromatic carbocycles. The van der Waals surface area contributed by atoms with Crippen molar-refractivity contribution in [1.82, 2.24) is 10.6 Å². The molecule has 42 heavy (non-hydrogen) atoms. The van der Waals surface area contributed by atoms with E-state index in [0.29, 0.717) is 29.8 Å². The average molecular weight is 565 g/mol. The molecule has 0 saturated carbocycles. The van der Waals surface area contributed by atoms with Crippen LogP contribution in [0, 0.1) is 12.3 Å². The third kappa shape index (κ3) is 9.34. The lowest BCUT2D eigenvalue weighted by Crippen LogP contribution is -2.25. The monoisotopic (exact) mass is 564 g/mol. The minimum Gasteiger partial charge on any atom is -0.348 e. The van der Waals surface area contributed by atoms with E-state index in [1.807, 2.05) is 48.5 Å². The second-order valence-electron chi connectivity index (χ2n) is 10.4. The molecule has 4 heterocycles. The van der Waals surface area contributed by atoms with E-state index in [0.717, 1.165) is 49.7 Å². The zero-order valence-corrected chi connectivity index (χ0v) is 23.6. The maximum absolute atomic E-state index is 12.9. The lowest BCUT2D eigenvalue weighted by atomic mass is 10.0. The van der Waals surface area contributed by atoms with Gasteiger partial charge in [0.05, 0.1) is 0 Å². The number of carbonyl (C=O) groups is 4.